The molecule has 0 fully saturated rings. The van der Waals surface area contributed by atoms with Crippen LogP contribution >= 0.6 is 11.8 Å². The van der Waals surface area contributed by atoms with Crippen LogP contribution < -0.4 is 5.32 Å². The Hall–Kier alpha value is -0.470. The van der Waals surface area contributed by atoms with Gasteiger partial charge in [0, 0.05) is 6.04 Å². The highest BCUT2D eigenvalue weighted by Gasteiger charge is 2.31. The van der Waals surface area contributed by atoms with Crippen molar-refractivity contribution in [2.45, 2.75) is 57.4 Å². The van der Waals surface area contributed by atoms with Crippen molar-refractivity contribution in [3.63, 3.8) is 0 Å². The number of thioether (sulfide) groups is 1. The topological polar surface area (TPSA) is 12.0 Å². The third kappa shape index (κ3) is 4.02. The van der Waals surface area contributed by atoms with E-state index < -0.39 is 0 Å². The van der Waals surface area contributed by atoms with E-state index in [1.54, 1.807) is 5.56 Å². The summed E-state index contributed by atoms with van der Waals surface area (Å²) in [5.74, 6) is 1.31. The summed E-state index contributed by atoms with van der Waals surface area (Å²) in [5.41, 5.74) is 3.42. The van der Waals surface area contributed by atoms with E-state index in [1.165, 1.54) is 43.4 Å². The van der Waals surface area contributed by atoms with Crippen LogP contribution in [0.5, 0.6) is 0 Å². The number of rotatable bonds is 7. The fourth-order valence-corrected chi connectivity index (χ4v) is 3.74. The highest BCUT2D eigenvalue weighted by atomic mass is 32.2. The van der Waals surface area contributed by atoms with Crippen molar-refractivity contribution in [3.05, 3.63) is 35.4 Å². The zero-order chi connectivity index (χ0) is 14.4. The van der Waals surface area contributed by atoms with E-state index in [2.05, 4.69) is 49.7 Å². The summed E-state index contributed by atoms with van der Waals surface area (Å²) in [7, 11) is 0. The Morgan fingerprint density at radius 1 is 1.20 bits per heavy atom. The molecule has 1 unspecified atom stereocenters. The van der Waals surface area contributed by atoms with Crippen LogP contribution in [0, 0.1) is 0 Å². The minimum Gasteiger partial charge on any atom is -0.310 e. The highest BCUT2D eigenvalue weighted by molar-refractivity contribution is 7.98. The first kappa shape index (κ1) is 15.9. The molecule has 0 bridgehead atoms. The van der Waals surface area contributed by atoms with Gasteiger partial charge in [0.1, 0.15) is 0 Å². The zero-order valence-electron chi connectivity index (χ0n) is 13.2. The second-order valence-electron chi connectivity index (χ2n) is 6.57. The molecule has 1 atom stereocenters. The molecule has 0 saturated heterocycles. The van der Waals surface area contributed by atoms with E-state index in [9.17, 15) is 0 Å². The zero-order valence-corrected chi connectivity index (χ0v) is 14.1. The van der Waals surface area contributed by atoms with Crippen LogP contribution in [-0.2, 0) is 5.41 Å². The molecular formula is C18H29NS. The van der Waals surface area contributed by atoms with Gasteiger partial charge >= 0.3 is 0 Å². The minimum atomic E-state index is 0.340. The molecule has 2 heteroatoms. The summed E-state index contributed by atoms with van der Waals surface area (Å²) in [6.07, 6.45) is 8.77. The fourth-order valence-electron chi connectivity index (χ4n) is 3.25. The second kappa shape index (κ2) is 7.51. The Labute approximate surface area is 128 Å². The van der Waals surface area contributed by atoms with E-state index in [0.29, 0.717) is 11.5 Å². The number of hydrogen-bond donors (Lipinski definition) is 1. The van der Waals surface area contributed by atoms with E-state index in [1.807, 2.05) is 11.8 Å². The molecule has 0 aliphatic heterocycles. The third-order valence-electron chi connectivity index (χ3n) is 4.54. The molecule has 1 aliphatic rings. The van der Waals surface area contributed by atoms with Crippen molar-refractivity contribution in [1.29, 1.82) is 0 Å². The van der Waals surface area contributed by atoms with Gasteiger partial charge in [-0.2, -0.15) is 11.8 Å². The molecule has 0 radical (unpaired) electrons. The summed E-state index contributed by atoms with van der Waals surface area (Å²) in [5, 5.41) is 3.79. The molecule has 0 heterocycles. The predicted octanol–water partition coefficient (Wildman–Crippen LogP) is 4.92. The van der Waals surface area contributed by atoms with Crippen molar-refractivity contribution in [3.8, 4) is 0 Å². The Balaban J connectivity index is 1.87. The van der Waals surface area contributed by atoms with Gasteiger partial charge in [-0.15, -0.1) is 0 Å². The Morgan fingerprint density at radius 2 is 2.00 bits per heavy atom. The summed E-state index contributed by atoms with van der Waals surface area (Å²) in [6, 6.07) is 9.59. The molecule has 1 aliphatic carbocycles. The van der Waals surface area contributed by atoms with Crippen LogP contribution in [0.25, 0.3) is 0 Å². The van der Waals surface area contributed by atoms with Crippen molar-refractivity contribution in [2.75, 3.05) is 18.6 Å². The predicted molar refractivity (Wildman–Crippen MR) is 91.7 cm³/mol. The van der Waals surface area contributed by atoms with Crippen LogP contribution in [-0.4, -0.2) is 18.6 Å². The largest absolute Gasteiger partial charge is 0.310 e. The molecule has 1 nitrogen and oxygen atoms in total. The Kier molecular flexibility index (Phi) is 5.98. The number of fused-ring (bicyclic) bond motifs is 1. The third-order valence-corrected chi connectivity index (χ3v) is 5.24. The van der Waals surface area contributed by atoms with Gasteiger partial charge in [-0.1, -0.05) is 44.5 Å². The lowest BCUT2D eigenvalue weighted by Gasteiger charge is -2.37. The van der Waals surface area contributed by atoms with Gasteiger partial charge in [-0.3, -0.25) is 0 Å². The maximum Gasteiger partial charge on any atom is 0.0323 e. The molecular weight excluding hydrogens is 262 g/mol. The lowest BCUT2D eigenvalue weighted by molar-refractivity contribution is 0.356. The van der Waals surface area contributed by atoms with E-state index in [4.69, 9.17) is 0 Å². The van der Waals surface area contributed by atoms with Crippen molar-refractivity contribution in [2.24, 2.45) is 0 Å². The molecule has 1 N–H and O–H groups in total. The summed E-state index contributed by atoms with van der Waals surface area (Å²) in [4.78, 5) is 0. The van der Waals surface area contributed by atoms with Crippen LogP contribution in [0.4, 0.5) is 0 Å². The monoisotopic (exact) mass is 291 g/mol. The quantitative estimate of drug-likeness (QED) is 0.715. The first-order valence-corrected chi connectivity index (χ1v) is 9.36. The average Bonchev–Trinajstić information content (AvgIpc) is 2.45. The molecule has 0 aromatic heterocycles. The summed E-state index contributed by atoms with van der Waals surface area (Å²) < 4.78 is 0. The molecule has 112 valence electrons. The summed E-state index contributed by atoms with van der Waals surface area (Å²) in [6.45, 7) is 5.92. The second-order valence-corrected chi connectivity index (χ2v) is 7.56. The Bertz CT molecular complexity index is 414. The molecule has 0 spiro atoms. The van der Waals surface area contributed by atoms with Crippen molar-refractivity contribution >= 4 is 11.8 Å². The normalized spacial score (nSPS) is 20.6. The Morgan fingerprint density at radius 3 is 2.80 bits per heavy atom. The first-order valence-electron chi connectivity index (χ1n) is 7.97. The fraction of sp³-hybridized carbons (Fsp3) is 0.667. The minimum absolute atomic E-state index is 0.340. The first-order chi connectivity index (χ1) is 9.65. The number of unbranched alkanes of at least 4 members (excludes halogenated alkanes) is 2. The van der Waals surface area contributed by atoms with E-state index in [-0.39, 0.29) is 0 Å². The van der Waals surface area contributed by atoms with Gasteiger partial charge in [0.25, 0.3) is 0 Å². The van der Waals surface area contributed by atoms with Crippen LogP contribution in [0.2, 0.25) is 0 Å². The van der Waals surface area contributed by atoms with E-state index >= 15 is 0 Å². The van der Waals surface area contributed by atoms with Crippen molar-refractivity contribution < 1.29 is 0 Å². The average molecular weight is 292 g/mol. The molecule has 0 saturated carbocycles. The van der Waals surface area contributed by atoms with Gasteiger partial charge in [-0.05, 0) is 60.8 Å². The molecule has 20 heavy (non-hydrogen) atoms. The highest BCUT2D eigenvalue weighted by Crippen LogP contribution is 2.41. The van der Waals surface area contributed by atoms with E-state index in [0.717, 1.165) is 6.54 Å². The number of benzene rings is 1. The van der Waals surface area contributed by atoms with Gasteiger partial charge < -0.3 is 5.32 Å². The lowest BCUT2D eigenvalue weighted by atomic mass is 9.71. The number of nitrogens with one attached hydrogen (secondary N) is 1. The maximum absolute atomic E-state index is 3.79. The smallest absolute Gasteiger partial charge is 0.0323 e. The van der Waals surface area contributed by atoms with Crippen LogP contribution in [0.1, 0.15) is 63.1 Å². The molecule has 0 amide bonds. The maximum atomic E-state index is 3.79. The van der Waals surface area contributed by atoms with Gasteiger partial charge in [0.05, 0.1) is 0 Å². The summed E-state index contributed by atoms with van der Waals surface area (Å²) >= 11 is 1.96. The SMILES string of the molecule is CSCCCCCNC1CCC(C)(C)c2ccccc21. The van der Waals surface area contributed by atoms with Gasteiger partial charge in [0.2, 0.25) is 0 Å². The van der Waals surface area contributed by atoms with Crippen LogP contribution in [0.15, 0.2) is 24.3 Å². The van der Waals surface area contributed by atoms with Crippen LogP contribution in [0.3, 0.4) is 0 Å². The standard InChI is InChI=1S/C18H29NS/c1-18(2)12-11-17(15-9-5-6-10-16(15)18)19-13-7-4-8-14-20-3/h5-6,9-10,17,19H,4,7-8,11-14H2,1-3H3. The molecule has 1 aromatic rings. The molecule has 1 aromatic carbocycles. The lowest BCUT2D eigenvalue weighted by Crippen LogP contribution is -2.33. The van der Waals surface area contributed by atoms with Gasteiger partial charge in [0.15, 0.2) is 0 Å². The number of hydrogen-bond acceptors (Lipinski definition) is 2. The van der Waals surface area contributed by atoms with Gasteiger partial charge in [-0.25, -0.2) is 0 Å². The van der Waals surface area contributed by atoms with Crippen molar-refractivity contribution in [1.82, 2.24) is 5.32 Å². The molecule has 2 rings (SSSR count).